The molecule has 0 aliphatic rings. The first-order chi connectivity index (χ1) is 6.39. The van der Waals surface area contributed by atoms with Gasteiger partial charge in [0.25, 0.3) is 0 Å². The van der Waals surface area contributed by atoms with Gasteiger partial charge >= 0.3 is 89.1 Å². The summed E-state index contributed by atoms with van der Waals surface area (Å²) in [4.78, 5) is 4.45. The van der Waals surface area contributed by atoms with E-state index in [0.29, 0.717) is 0 Å². The predicted molar refractivity (Wildman–Crippen MR) is 52.6 cm³/mol. The maximum absolute atomic E-state index is 12.2. The molecule has 0 radical (unpaired) electrons. The van der Waals surface area contributed by atoms with Crippen LogP contribution in [-0.2, 0) is 10.5 Å². The summed E-state index contributed by atoms with van der Waals surface area (Å²) in [5, 5.41) is 0. The van der Waals surface area contributed by atoms with Crippen LogP contribution in [0.5, 0.6) is 0 Å². The van der Waals surface area contributed by atoms with E-state index in [2.05, 4.69) is 9.74 Å². The fourth-order valence-electron chi connectivity index (χ4n) is 1.16. The number of benzene rings is 1. The molecule has 14 heavy (non-hydrogen) atoms. The van der Waals surface area contributed by atoms with Crippen molar-refractivity contribution in [1.29, 1.82) is 0 Å². The van der Waals surface area contributed by atoms with Gasteiger partial charge in [0, 0.05) is 0 Å². The monoisotopic (exact) mass is 310 g/mol. The summed E-state index contributed by atoms with van der Waals surface area (Å²) in [7, 11) is 0. The normalized spacial score (nSPS) is 12.1. The van der Waals surface area contributed by atoms with E-state index >= 15 is 0 Å². The van der Waals surface area contributed by atoms with Crippen molar-refractivity contribution in [3.8, 4) is 0 Å². The zero-order valence-electron chi connectivity index (χ0n) is 8.10. The summed E-state index contributed by atoms with van der Waals surface area (Å²) in [5.74, 6) is 0. The van der Waals surface area contributed by atoms with Crippen molar-refractivity contribution in [2.45, 2.75) is 20.3 Å². The zero-order valence-corrected chi connectivity index (χ0v) is 10.7. The molecule has 0 aliphatic carbocycles. The maximum atomic E-state index is 12.2. The van der Waals surface area contributed by atoms with Gasteiger partial charge in [-0.05, 0) is 0 Å². The van der Waals surface area contributed by atoms with Gasteiger partial charge in [0.15, 0.2) is 0 Å². The van der Waals surface area contributed by atoms with Crippen LogP contribution < -0.4 is 0 Å². The Balaban J connectivity index is 2.79. The number of hydrogen-bond donors (Lipinski definition) is 0. The van der Waals surface area contributed by atoms with Crippen LogP contribution in [0, 0.1) is 0 Å². The third kappa shape index (κ3) is 3.53. The van der Waals surface area contributed by atoms with Crippen LogP contribution in [0.4, 0.5) is 13.2 Å². The molecule has 0 saturated carbocycles. The van der Waals surface area contributed by atoms with Gasteiger partial charge in [-0.15, -0.1) is 0 Å². The molecular weight excluding hydrogens is 299 g/mol. The molecule has 0 N–H and O–H groups in total. The molecule has 1 aromatic carbocycles. The van der Waals surface area contributed by atoms with Gasteiger partial charge in [0.2, 0.25) is 0 Å². The van der Waals surface area contributed by atoms with E-state index < -0.39 is 31.9 Å². The van der Waals surface area contributed by atoms with Crippen LogP contribution in [0.2, 0.25) is 9.74 Å². The van der Waals surface area contributed by atoms with Crippen LogP contribution in [-0.4, -0.2) is 20.2 Å². The minimum absolute atomic E-state index is 0.558. The van der Waals surface area contributed by atoms with Gasteiger partial charge in [0.05, 0.1) is 0 Å². The van der Waals surface area contributed by atoms with Crippen LogP contribution in [0.25, 0.3) is 0 Å². The number of halogens is 3. The molecule has 1 rings (SSSR count). The molecule has 0 bridgehead atoms. The summed E-state index contributed by atoms with van der Waals surface area (Å²) in [6, 6.07) is 5.51. The fraction of sp³-hybridized carbons (Fsp3) is 0.400. The summed E-state index contributed by atoms with van der Waals surface area (Å²) in [6.45, 7) is 0. The van der Waals surface area contributed by atoms with Gasteiger partial charge in [-0.1, -0.05) is 0 Å². The second-order valence-corrected chi connectivity index (χ2v) is 10.5. The molecule has 0 fully saturated rings. The van der Waals surface area contributed by atoms with Crippen LogP contribution in [0.1, 0.15) is 11.1 Å². The van der Waals surface area contributed by atoms with Gasteiger partial charge in [-0.2, -0.15) is 0 Å². The van der Waals surface area contributed by atoms with Crippen molar-refractivity contribution in [2.75, 3.05) is 0 Å². The van der Waals surface area contributed by atoms with E-state index in [0.717, 1.165) is 9.93 Å². The van der Waals surface area contributed by atoms with Crippen molar-refractivity contribution >= 4 is 20.2 Å². The van der Waals surface area contributed by atoms with Crippen LogP contribution in [0.15, 0.2) is 24.3 Å². The van der Waals surface area contributed by atoms with E-state index in [1.807, 2.05) is 0 Å². The molecule has 0 aliphatic heterocycles. The molecule has 1 aromatic rings. The average molecular weight is 311 g/mol. The van der Waals surface area contributed by atoms with Crippen LogP contribution in [0.3, 0.4) is 0 Å². The molecular formula is C10H12F3Sb. The molecule has 0 heterocycles. The summed E-state index contributed by atoms with van der Waals surface area (Å²) in [5.41, 5.74) is 0.475. The van der Waals surface area contributed by atoms with E-state index in [1.165, 1.54) is 12.1 Å². The first kappa shape index (κ1) is 11.9. The minimum atomic E-state index is -4.21. The van der Waals surface area contributed by atoms with E-state index in [4.69, 9.17) is 0 Å². The molecule has 0 saturated heterocycles. The quantitative estimate of drug-likeness (QED) is 0.733. The Bertz CT molecular complexity index is 287. The number of hydrogen-bond acceptors (Lipinski definition) is 0. The molecule has 0 amide bonds. The van der Waals surface area contributed by atoms with E-state index in [1.54, 1.807) is 12.1 Å². The van der Waals surface area contributed by atoms with Gasteiger partial charge in [-0.3, -0.25) is 0 Å². The SMILES string of the molecule is [CH3][Sb]([CH3])[CH2]c1ccc(C(F)(F)F)cc1. The van der Waals surface area contributed by atoms with Gasteiger partial charge in [0.1, 0.15) is 0 Å². The molecule has 0 spiro atoms. The topological polar surface area (TPSA) is 0 Å². The van der Waals surface area contributed by atoms with Crippen molar-refractivity contribution in [2.24, 2.45) is 0 Å². The molecule has 4 heteroatoms. The Morgan fingerprint density at radius 3 is 1.93 bits per heavy atom. The van der Waals surface area contributed by atoms with Crippen molar-refractivity contribution in [3.05, 3.63) is 35.4 Å². The molecule has 0 aromatic heterocycles. The molecule has 0 unspecified atom stereocenters. The van der Waals surface area contributed by atoms with Crippen LogP contribution >= 0.6 is 0 Å². The van der Waals surface area contributed by atoms with E-state index in [-0.39, 0.29) is 0 Å². The Hall–Kier alpha value is -0.172. The average Bonchev–Trinajstić information content (AvgIpc) is 2.02. The summed E-state index contributed by atoms with van der Waals surface area (Å²) < 4.78 is 37.6. The third-order valence-corrected chi connectivity index (χ3v) is 4.63. The zero-order chi connectivity index (χ0) is 10.8. The van der Waals surface area contributed by atoms with Gasteiger partial charge < -0.3 is 0 Å². The number of rotatable bonds is 2. The molecule has 0 nitrogen and oxygen atoms in total. The summed E-state index contributed by atoms with van der Waals surface area (Å²) >= 11 is -1.12. The summed E-state index contributed by atoms with van der Waals surface area (Å²) in [6.07, 6.45) is -4.21. The second-order valence-electron chi connectivity index (χ2n) is 3.43. The fourth-order valence-corrected chi connectivity index (χ4v) is 3.85. The Kier molecular flexibility index (Phi) is 3.88. The Morgan fingerprint density at radius 2 is 1.57 bits per heavy atom. The van der Waals surface area contributed by atoms with Crippen molar-refractivity contribution < 1.29 is 13.2 Å². The standard InChI is InChI=1S/C8H6F3.2CH3.Sb/c1-6-2-4-7(5-3-6)8(9,10)11;;;/h2-5H,1H2;2*1H3;. The molecule has 78 valence electrons. The Morgan fingerprint density at radius 1 is 1.07 bits per heavy atom. The first-order valence-corrected chi connectivity index (χ1v) is 11.1. The van der Waals surface area contributed by atoms with Crippen molar-refractivity contribution in [1.82, 2.24) is 0 Å². The molecule has 0 atom stereocenters. The first-order valence-electron chi connectivity index (χ1n) is 4.20. The van der Waals surface area contributed by atoms with Gasteiger partial charge in [-0.25, -0.2) is 0 Å². The van der Waals surface area contributed by atoms with E-state index in [9.17, 15) is 13.2 Å². The second kappa shape index (κ2) is 4.56. The third-order valence-electron chi connectivity index (χ3n) is 1.78. The predicted octanol–water partition coefficient (Wildman–Crippen LogP) is 3.54. The van der Waals surface area contributed by atoms with Crippen molar-refractivity contribution in [3.63, 3.8) is 0 Å². The number of alkyl halides is 3. The Labute approximate surface area is 89.1 Å².